The van der Waals surface area contributed by atoms with Crippen molar-refractivity contribution in [1.82, 2.24) is 10.2 Å². The molecule has 3 unspecified atom stereocenters. The number of benzene rings is 1. The second-order valence-electron chi connectivity index (χ2n) is 6.61. The lowest BCUT2D eigenvalue weighted by Gasteiger charge is -2.30. The number of likely N-dealkylation sites (tertiary alicyclic amines) is 1. The van der Waals surface area contributed by atoms with Gasteiger partial charge in [0.05, 0.1) is 0 Å². The topological polar surface area (TPSA) is 41.3 Å². The van der Waals surface area contributed by atoms with Crippen LogP contribution in [0, 0.1) is 5.92 Å². The van der Waals surface area contributed by atoms with E-state index < -0.39 is 0 Å². The van der Waals surface area contributed by atoms with Crippen molar-refractivity contribution in [2.45, 2.75) is 44.2 Å². The van der Waals surface area contributed by atoms with Crippen LogP contribution in [-0.4, -0.2) is 37.1 Å². The van der Waals surface area contributed by atoms with Crippen molar-refractivity contribution in [3.63, 3.8) is 0 Å². The quantitative estimate of drug-likeness (QED) is 0.845. The fourth-order valence-electron chi connectivity index (χ4n) is 4.04. The van der Waals surface area contributed by atoms with E-state index >= 15 is 0 Å². The summed E-state index contributed by atoms with van der Waals surface area (Å²) in [4.78, 5) is 2.65. The molecule has 0 aromatic heterocycles. The summed E-state index contributed by atoms with van der Waals surface area (Å²) in [6, 6.07) is 12.1. The molecule has 3 atom stereocenters. The Bertz CT molecular complexity index is 414. The van der Waals surface area contributed by atoms with Gasteiger partial charge in [0, 0.05) is 18.6 Å². The van der Waals surface area contributed by atoms with E-state index in [4.69, 9.17) is 5.73 Å². The van der Waals surface area contributed by atoms with Gasteiger partial charge in [-0.1, -0.05) is 36.8 Å². The zero-order valence-corrected chi connectivity index (χ0v) is 13.0. The molecule has 1 aliphatic carbocycles. The van der Waals surface area contributed by atoms with Gasteiger partial charge in [-0.05, 0) is 56.8 Å². The van der Waals surface area contributed by atoms with Crippen LogP contribution in [0.3, 0.4) is 0 Å². The average molecular weight is 287 g/mol. The highest BCUT2D eigenvalue weighted by atomic mass is 15.2. The minimum absolute atomic E-state index is 0.521. The number of nitrogens with one attached hydrogen (secondary N) is 1. The molecule has 21 heavy (non-hydrogen) atoms. The van der Waals surface area contributed by atoms with Gasteiger partial charge in [-0.3, -0.25) is 4.90 Å². The summed E-state index contributed by atoms with van der Waals surface area (Å²) in [5, 5.41) is 3.84. The van der Waals surface area contributed by atoms with Crippen molar-refractivity contribution in [2.24, 2.45) is 11.7 Å². The smallest absolute Gasteiger partial charge is 0.0472 e. The normalized spacial score (nSPS) is 28.0. The highest BCUT2D eigenvalue weighted by Crippen LogP contribution is 2.28. The van der Waals surface area contributed by atoms with Crippen LogP contribution in [0.4, 0.5) is 0 Å². The van der Waals surface area contributed by atoms with Crippen LogP contribution in [0.5, 0.6) is 0 Å². The van der Waals surface area contributed by atoms with Gasteiger partial charge < -0.3 is 11.1 Å². The van der Waals surface area contributed by atoms with Gasteiger partial charge in [-0.25, -0.2) is 0 Å². The zero-order chi connectivity index (χ0) is 14.5. The van der Waals surface area contributed by atoms with Crippen molar-refractivity contribution in [1.29, 1.82) is 0 Å². The minimum atomic E-state index is 0.521. The molecular formula is C18H29N3. The molecule has 1 saturated heterocycles. The number of rotatable bonds is 6. The van der Waals surface area contributed by atoms with E-state index in [0.29, 0.717) is 18.0 Å². The van der Waals surface area contributed by atoms with Crippen molar-refractivity contribution >= 4 is 0 Å². The third-order valence-electron chi connectivity index (χ3n) is 5.30. The Morgan fingerprint density at radius 2 is 1.86 bits per heavy atom. The molecule has 3 nitrogen and oxygen atoms in total. The van der Waals surface area contributed by atoms with E-state index in [9.17, 15) is 0 Å². The first kappa shape index (κ1) is 15.0. The largest absolute Gasteiger partial charge is 0.330 e. The molecule has 1 heterocycles. The van der Waals surface area contributed by atoms with Crippen LogP contribution in [0.2, 0.25) is 0 Å². The molecule has 1 saturated carbocycles. The molecule has 1 aliphatic heterocycles. The molecule has 3 N–H and O–H groups in total. The third kappa shape index (κ3) is 3.65. The van der Waals surface area contributed by atoms with E-state index in [1.807, 2.05) is 0 Å². The molecule has 3 rings (SSSR count). The minimum Gasteiger partial charge on any atom is -0.330 e. The van der Waals surface area contributed by atoms with Crippen LogP contribution >= 0.6 is 0 Å². The molecule has 0 bridgehead atoms. The third-order valence-corrected chi connectivity index (χ3v) is 5.30. The highest BCUT2D eigenvalue weighted by Gasteiger charge is 2.28. The van der Waals surface area contributed by atoms with Gasteiger partial charge in [0.2, 0.25) is 0 Å². The first-order valence-corrected chi connectivity index (χ1v) is 8.61. The van der Waals surface area contributed by atoms with E-state index in [2.05, 4.69) is 40.5 Å². The second kappa shape index (κ2) is 7.39. The highest BCUT2D eigenvalue weighted by molar-refractivity contribution is 5.20. The van der Waals surface area contributed by atoms with Crippen LogP contribution in [0.15, 0.2) is 30.3 Å². The maximum Gasteiger partial charge on any atom is 0.0472 e. The van der Waals surface area contributed by atoms with Crippen LogP contribution in [0.1, 0.15) is 43.7 Å². The Balaban J connectivity index is 1.65. The van der Waals surface area contributed by atoms with Crippen molar-refractivity contribution < 1.29 is 0 Å². The Morgan fingerprint density at radius 1 is 1.10 bits per heavy atom. The summed E-state index contributed by atoms with van der Waals surface area (Å²) >= 11 is 0. The lowest BCUT2D eigenvalue weighted by Crippen LogP contribution is -2.41. The first-order chi connectivity index (χ1) is 10.4. The molecule has 0 radical (unpaired) electrons. The second-order valence-corrected chi connectivity index (χ2v) is 6.61. The molecule has 0 spiro atoms. The van der Waals surface area contributed by atoms with Crippen LogP contribution in [-0.2, 0) is 0 Å². The average Bonchev–Trinajstić information content (AvgIpc) is 3.20. The molecule has 2 fully saturated rings. The first-order valence-electron chi connectivity index (χ1n) is 8.61. The predicted octanol–water partition coefficient (Wildman–Crippen LogP) is 2.54. The fourth-order valence-corrected chi connectivity index (χ4v) is 4.04. The van der Waals surface area contributed by atoms with Gasteiger partial charge in [-0.15, -0.1) is 0 Å². The maximum atomic E-state index is 5.91. The van der Waals surface area contributed by atoms with Crippen LogP contribution in [0.25, 0.3) is 0 Å². The Morgan fingerprint density at radius 3 is 2.57 bits per heavy atom. The Kier molecular flexibility index (Phi) is 5.28. The standard InChI is InChI=1S/C18H29N3/c19-13-16-9-6-10-17(16)20-14-18(21-11-4-5-12-21)15-7-2-1-3-8-15/h1-3,7-8,16-18,20H,4-6,9-14,19H2. The Hall–Kier alpha value is -0.900. The summed E-state index contributed by atoms with van der Waals surface area (Å²) < 4.78 is 0. The maximum absolute atomic E-state index is 5.91. The molecule has 1 aromatic carbocycles. The van der Waals surface area contributed by atoms with Crippen molar-refractivity contribution in [3.8, 4) is 0 Å². The van der Waals surface area contributed by atoms with Crippen molar-refractivity contribution in [2.75, 3.05) is 26.2 Å². The summed E-state index contributed by atoms with van der Waals surface area (Å²) in [5.74, 6) is 0.681. The molecule has 116 valence electrons. The lowest BCUT2D eigenvalue weighted by atomic mass is 10.0. The number of nitrogens with zero attached hydrogens (tertiary/aromatic N) is 1. The van der Waals surface area contributed by atoms with E-state index in [1.165, 1.54) is 50.8 Å². The molecule has 1 aromatic rings. The van der Waals surface area contributed by atoms with Gasteiger partial charge in [-0.2, -0.15) is 0 Å². The van der Waals surface area contributed by atoms with Crippen molar-refractivity contribution in [3.05, 3.63) is 35.9 Å². The molecule has 0 amide bonds. The van der Waals surface area contributed by atoms with Crippen LogP contribution < -0.4 is 11.1 Å². The lowest BCUT2D eigenvalue weighted by molar-refractivity contribution is 0.227. The van der Waals surface area contributed by atoms with Gasteiger partial charge in [0.1, 0.15) is 0 Å². The SMILES string of the molecule is NCC1CCCC1NCC(c1ccccc1)N1CCCC1. The number of nitrogens with two attached hydrogens (primary N) is 1. The van der Waals surface area contributed by atoms with Gasteiger partial charge >= 0.3 is 0 Å². The fraction of sp³-hybridized carbons (Fsp3) is 0.667. The number of hydrogen-bond donors (Lipinski definition) is 2. The zero-order valence-electron chi connectivity index (χ0n) is 13.0. The molecular weight excluding hydrogens is 258 g/mol. The van der Waals surface area contributed by atoms with Gasteiger partial charge in [0.15, 0.2) is 0 Å². The van der Waals surface area contributed by atoms with E-state index in [1.54, 1.807) is 0 Å². The van der Waals surface area contributed by atoms with E-state index in [-0.39, 0.29) is 0 Å². The predicted molar refractivity (Wildman–Crippen MR) is 88.2 cm³/mol. The molecule has 2 aliphatic rings. The summed E-state index contributed by atoms with van der Waals surface area (Å²) in [6.45, 7) is 4.38. The Labute approximate surface area is 128 Å². The summed E-state index contributed by atoms with van der Waals surface area (Å²) in [5.41, 5.74) is 7.37. The summed E-state index contributed by atoms with van der Waals surface area (Å²) in [7, 11) is 0. The summed E-state index contributed by atoms with van der Waals surface area (Å²) in [6.07, 6.45) is 6.62. The monoisotopic (exact) mass is 287 g/mol. The number of hydrogen-bond acceptors (Lipinski definition) is 3. The van der Waals surface area contributed by atoms with E-state index in [0.717, 1.165) is 13.1 Å². The molecule has 3 heteroatoms. The van der Waals surface area contributed by atoms with Gasteiger partial charge in [0.25, 0.3) is 0 Å².